The van der Waals surface area contributed by atoms with Crippen molar-refractivity contribution in [3.63, 3.8) is 0 Å². The summed E-state index contributed by atoms with van der Waals surface area (Å²) in [6.45, 7) is 5.95. The van der Waals surface area contributed by atoms with Crippen molar-refractivity contribution in [2.75, 3.05) is 20.1 Å². The molecule has 2 atom stereocenters. The van der Waals surface area contributed by atoms with Crippen molar-refractivity contribution in [2.45, 2.75) is 58.5 Å². The third kappa shape index (κ3) is 10.0. The van der Waals surface area contributed by atoms with Crippen LogP contribution in [-0.2, 0) is 14.4 Å². The summed E-state index contributed by atoms with van der Waals surface area (Å²) < 4.78 is 0. The van der Waals surface area contributed by atoms with Gasteiger partial charge in [0.05, 0.1) is 18.6 Å². The molecular formula is C16H32N4O3. The number of nitrogens with two attached hydrogens (primary N) is 1. The van der Waals surface area contributed by atoms with Gasteiger partial charge in [-0.3, -0.25) is 14.4 Å². The van der Waals surface area contributed by atoms with Crippen LogP contribution in [0.15, 0.2) is 0 Å². The molecule has 7 heteroatoms. The number of rotatable bonds is 12. The molecule has 0 heterocycles. The minimum Gasteiger partial charge on any atom is -0.346 e. The molecule has 0 saturated heterocycles. The second-order valence-corrected chi connectivity index (χ2v) is 6.20. The average Bonchev–Trinajstić information content (AvgIpc) is 2.49. The number of nitrogens with one attached hydrogen (secondary N) is 3. The topological polar surface area (TPSA) is 113 Å². The predicted octanol–water partition coefficient (Wildman–Crippen LogP) is -0.0605. The standard InChI is InChI=1S/C16H32N4O3/c1-11(2)9-14(18-4)16(23)19-10-15(22)20-13(12(3)21)7-5-6-8-17/h11,13-14,18H,5-10,17H2,1-4H3,(H,19,23)(H,20,22)/t13-,14-/m0/s1. The zero-order valence-electron chi connectivity index (χ0n) is 14.8. The Morgan fingerprint density at radius 1 is 1.09 bits per heavy atom. The van der Waals surface area contributed by atoms with Crippen LogP contribution in [0.1, 0.15) is 46.5 Å². The lowest BCUT2D eigenvalue weighted by molar-refractivity contribution is -0.129. The second kappa shape index (κ2) is 12.0. The van der Waals surface area contributed by atoms with Crippen LogP contribution in [0, 0.1) is 5.92 Å². The van der Waals surface area contributed by atoms with Crippen molar-refractivity contribution in [2.24, 2.45) is 11.7 Å². The molecule has 0 spiro atoms. The van der Waals surface area contributed by atoms with Crippen LogP contribution >= 0.6 is 0 Å². The summed E-state index contributed by atoms with van der Waals surface area (Å²) in [6.07, 6.45) is 2.86. The van der Waals surface area contributed by atoms with Crippen molar-refractivity contribution in [3.8, 4) is 0 Å². The summed E-state index contributed by atoms with van der Waals surface area (Å²) in [5.41, 5.74) is 5.42. The van der Waals surface area contributed by atoms with E-state index in [0.29, 0.717) is 25.3 Å². The summed E-state index contributed by atoms with van der Waals surface area (Å²) in [5, 5.41) is 8.21. The highest BCUT2D eigenvalue weighted by atomic mass is 16.2. The van der Waals surface area contributed by atoms with E-state index in [-0.39, 0.29) is 30.2 Å². The van der Waals surface area contributed by atoms with Crippen molar-refractivity contribution >= 4 is 17.6 Å². The maximum Gasteiger partial charge on any atom is 0.239 e. The van der Waals surface area contributed by atoms with Crippen LogP contribution in [0.5, 0.6) is 0 Å². The van der Waals surface area contributed by atoms with E-state index in [1.807, 2.05) is 13.8 Å². The quantitative estimate of drug-likeness (QED) is 0.375. The molecule has 7 nitrogen and oxygen atoms in total. The Labute approximate surface area is 139 Å². The second-order valence-electron chi connectivity index (χ2n) is 6.20. The highest BCUT2D eigenvalue weighted by Crippen LogP contribution is 2.04. The van der Waals surface area contributed by atoms with Crippen LogP contribution in [0.3, 0.4) is 0 Å². The lowest BCUT2D eigenvalue weighted by Crippen LogP contribution is -2.49. The zero-order chi connectivity index (χ0) is 17.8. The number of unbranched alkanes of at least 4 members (excludes halogenated alkanes) is 1. The molecular weight excluding hydrogens is 296 g/mol. The number of likely N-dealkylation sites (N-methyl/N-ethyl adjacent to an activating group) is 1. The smallest absolute Gasteiger partial charge is 0.239 e. The summed E-state index contributed by atoms with van der Waals surface area (Å²) in [5.74, 6) is -0.282. The van der Waals surface area contributed by atoms with Gasteiger partial charge in [0.25, 0.3) is 0 Å². The van der Waals surface area contributed by atoms with Crippen molar-refractivity contribution in [3.05, 3.63) is 0 Å². The lowest BCUT2D eigenvalue weighted by atomic mass is 10.0. The van der Waals surface area contributed by atoms with E-state index >= 15 is 0 Å². The molecule has 0 aliphatic carbocycles. The SMILES string of the molecule is CN[C@@H](CC(C)C)C(=O)NCC(=O)N[C@@H](CCCCN)C(C)=O. The van der Waals surface area contributed by atoms with E-state index in [1.165, 1.54) is 6.92 Å². The van der Waals surface area contributed by atoms with Gasteiger partial charge in [-0.2, -0.15) is 0 Å². The highest BCUT2D eigenvalue weighted by molar-refractivity contribution is 5.90. The summed E-state index contributed by atoms with van der Waals surface area (Å²) >= 11 is 0. The minimum absolute atomic E-state index is 0.0883. The van der Waals surface area contributed by atoms with Crippen molar-refractivity contribution < 1.29 is 14.4 Å². The van der Waals surface area contributed by atoms with E-state index in [4.69, 9.17) is 5.73 Å². The highest BCUT2D eigenvalue weighted by Gasteiger charge is 2.20. The zero-order valence-corrected chi connectivity index (χ0v) is 14.8. The van der Waals surface area contributed by atoms with Crippen molar-refractivity contribution in [1.29, 1.82) is 0 Å². The van der Waals surface area contributed by atoms with Crippen LogP contribution in [0.25, 0.3) is 0 Å². The Balaban J connectivity index is 4.29. The number of ketones is 1. The number of amides is 2. The molecule has 5 N–H and O–H groups in total. The van der Waals surface area contributed by atoms with Gasteiger partial charge in [-0.1, -0.05) is 13.8 Å². The number of carbonyl (C=O) groups excluding carboxylic acids is 3. The first kappa shape index (κ1) is 21.5. The maximum absolute atomic E-state index is 12.0. The number of carbonyl (C=O) groups is 3. The molecule has 0 saturated carbocycles. The first-order chi connectivity index (χ1) is 10.8. The first-order valence-electron chi connectivity index (χ1n) is 8.26. The number of hydrogen-bond acceptors (Lipinski definition) is 5. The first-order valence-corrected chi connectivity index (χ1v) is 8.26. The van der Waals surface area contributed by atoms with Gasteiger partial charge < -0.3 is 21.7 Å². The molecule has 0 rings (SSSR count). The fraction of sp³-hybridized carbons (Fsp3) is 0.812. The van der Waals surface area contributed by atoms with Gasteiger partial charge in [-0.25, -0.2) is 0 Å². The van der Waals surface area contributed by atoms with Crippen LogP contribution in [0.4, 0.5) is 0 Å². The molecule has 0 bridgehead atoms. The summed E-state index contributed by atoms with van der Waals surface area (Å²) in [6, 6.07) is -0.835. The predicted molar refractivity (Wildman–Crippen MR) is 90.8 cm³/mol. The molecule has 0 aromatic heterocycles. The molecule has 0 aliphatic rings. The summed E-state index contributed by atoms with van der Waals surface area (Å²) in [4.78, 5) is 35.5. The average molecular weight is 328 g/mol. The maximum atomic E-state index is 12.0. The molecule has 0 aliphatic heterocycles. The number of Topliss-reactive ketones (excluding diaryl/α,β-unsaturated/α-hetero) is 1. The van der Waals surface area contributed by atoms with Crippen LogP contribution in [-0.4, -0.2) is 49.8 Å². The minimum atomic E-state index is -0.512. The van der Waals surface area contributed by atoms with Gasteiger partial charge in [-0.05, 0) is 52.1 Å². The molecule has 0 aromatic carbocycles. The molecule has 0 fully saturated rings. The van der Waals surface area contributed by atoms with Gasteiger partial charge in [0.1, 0.15) is 0 Å². The Bertz CT molecular complexity index is 386. The molecule has 2 amide bonds. The normalized spacial score (nSPS) is 13.5. The molecule has 0 aromatic rings. The summed E-state index contributed by atoms with van der Waals surface area (Å²) in [7, 11) is 1.72. The molecule has 0 unspecified atom stereocenters. The van der Waals surface area contributed by atoms with E-state index in [9.17, 15) is 14.4 Å². The van der Waals surface area contributed by atoms with Gasteiger partial charge in [0, 0.05) is 0 Å². The Hall–Kier alpha value is -1.47. The Morgan fingerprint density at radius 3 is 2.22 bits per heavy atom. The van der Waals surface area contributed by atoms with Gasteiger partial charge in [0.15, 0.2) is 5.78 Å². The van der Waals surface area contributed by atoms with E-state index in [0.717, 1.165) is 12.8 Å². The van der Waals surface area contributed by atoms with Crippen LogP contribution in [0.2, 0.25) is 0 Å². The fourth-order valence-corrected chi connectivity index (χ4v) is 2.23. The van der Waals surface area contributed by atoms with Gasteiger partial charge in [0.2, 0.25) is 11.8 Å². The van der Waals surface area contributed by atoms with Crippen molar-refractivity contribution in [1.82, 2.24) is 16.0 Å². The van der Waals surface area contributed by atoms with E-state index < -0.39 is 6.04 Å². The van der Waals surface area contributed by atoms with E-state index in [2.05, 4.69) is 16.0 Å². The fourth-order valence-electron chi connectivity index (χ4n) is 2.23. The monoisotopic (exact) mass is 328 g/mol. The van der Waals surface area contributed by atoms with Gasteiger partial charge in [-0.15, -0.1) is 0 Å². The van der Waals surface area contributed by atoms with E-state index in [1.54, 1.807) is 7.05 Å². The van der Waals surface area contributed by atoms with Gasteiger partial charge >= 0.3 is 0 Å². The third-order valence-corrected chi connectivity index (χ3v) is 3.57. The Kier molecular flexibility index (Phi) is 11.2. The largest absolute Gasteiger partial charge is 0.346 e. The lowest BCUT2D eigenvalue weighted by Gasteiger charge is -2.19. The third-order valence-electron chi connectivity index (χ3n) is 3.57. The Morgan fingerprint density at radius 2 is 1.74 bits per heavy atom. The molecule has 23 heavy (non-hydrogen) atoms. The molecule has 134 valence electrons. The molecule has 0 radical (unpaired) electrons. The number of hydrogen-bond donors (Lipinski definition) is 4. The van der Waals surface area contributed by atoms with Crippen LogP contribution < -0.4 is 21.7 Å².